The van der Waals surface area contributed by atoms with E-state index in [0.29, 0.717) is 12.3 Å². The monoisotopic (exact) mass is 328 g/mol. The molecule has 0 aliphatic rings. The Hall–Kier alpha value is -1.24. The van der Waals surface area contributed by atoms with E-state index < -0.39 is 0 Å². The van der Waals surface area contributed by atoms with Gasteiger partial charge in [0.15, 0.2) is 0 Å². The van der Waals surface area contributed by atoms with Crippen molar-refractivity contribution in [3.63, 3.8) is 0 Å². The van der Waals surface area contributed by atoms with Crippen LogP contribution in [-0.2, 0) is 4.79 Å². The van der Waals surface area contributed by atoms with Crippen LogP contribution >= 0.6 is 24.2 Å². The molecule has 3 N–H and O–H groups in total. The molecule has 1 heterocycles. The molecule has 2 rings (SSSR count). The molecule has 0 saturated heterocycles. The van der Waals surface area contributed by atoms with Crippen LogP contribution in [0.25, 0.3) is 11.0 Å². The summed E-state index contributed by atoms with van der Waals surface area (Å²) in [6, 6.07) is 7.95. The first-order valence-corrected chi connectivity index (χ1v) is 7.73. The van der Waals surface area contributed by atoms with Crippen LogP contribution in [-0.4, -0.2) is 41.8 Å². The van der Waals surface area contributed by atoms with Gasteiger partial charge in [-0.2, -0.15) is 0 Å². The number of thioether (sulfide) groups is 1. The van der Waals surface area contributed by atoms with Gasteiger partial charge in [0.25, 0.3) is 0 Å². The second kappa shape index (κ2) is 8.92. The number of halogens is 1. The zero-order valence-corrected chi connectivity index (χ0v) is 13.8. The van der Waals surface area contributed by atoms with E-state index in [4.69, 9.17) is 0 Å². The number of hydrogen-bond donors (Lipinski definition) is 3. The number of fused-ring (bicyclic) bond motifs is 1. The highest BCUT2D eigenvalue weighted by molar-refractivity contribution is 8.00. The zero-order valence-electron chi connectivity index (χ0n) is 12.2. The Morgan fingerprint density at radius 3 is 2.86 bits per heavy atom. The van der Waals surface area contributed by atoms with Crippen LogP contribution in [0.1, 0.15) is 18.0 Å². The van der Waals surface area contributed by atoms with Crippen LogP contribution in [0.2, 0.25) is 0 Å². The fourth-order valence-corrected chi connectivity index (χ4v) is 2.60. The minimum Gasteiger partial charge on any atom is -0.354 e. The number of H-pyrrole nitrogens is 1. The first kappa shape index (κ1) is 17.8. The van der Waals surface area contributed by atoms with Crippen molar-refractivity contribution in [2.45, 2.75) is 12.2 Å². The number of aromatic amines is 1. The Morgan fingerprint density at radius 1 is 1.38 bits per heavy atom. The summed E-state index contributed by atoms with van der Waals surface area (Å²) in [5.41, 5.74) is 2.00. The molecule has 0 aliphatic carbocycles. The van der Waals surface area contributed by atoms with Crippen molar-refractivity contribution in [2.75, 3.05) is 25.9 Å². The molecule has 0 radical (unpaired) electrons. The van der Waals surface area contributed by atoms with Gasteiger partial charge in [-0.15, -0.1) is 24.2 Å². The predicted octanol–water partition coefficient (Wildman–Crippen LogP) is 2.11. The number of benzene rings is 1. The fraction of sp³-hybridized carbons (Fsp3) is 0.429. The molecule has 0 saturated carbocycles. The number of likely N-dealkylation sites (N-methyl/N-ethyl adjacent to an activating group) is 1. The Morgan fingerprint density at radius 2 is 2.14 bits per heavy atom. The lowest BCUT2D eigenvalue weighted by Crippen LogP contribution is -2.31. The Labute approximate surface area is 135 Å². The third-order valence-corrected chi connectivity index (χ3v) is 4.11. The molecule has 1 amide bonds. The van der Waals surface area contributed by atoms with Crippen LogP contribution in [0.4, 0.5) is 0 Å². The molecule has 1 unspecified atom stereocenters. The summed E-state index contributed by atoms with van der Waals surface area (Å²) < 4.78 is 0. The summed E-state index contributed by atoms with van der Waals surface area (Å²) in [6.45, 7) is 3.51. The number of imidazole rings is 1. The molecule has 0 bridgehead atoms. The van der Waals surface area contributed by atoms with Crippen LogP contribution in [0.5, 0.6) is 0 Å². The first-order valence-electron chi connectivity index (χ1n) is 6.68. The van der Waals surface area contributed by atoms with Crippen molar-refractivity contribution in [3.05, 3.63) is 30.1 Å². The van der Waals surface area contributed by atoms with Crippen molar-refractivity contribution in [2.24, 2.45) is 0 Å². The van der Waals surface area contributed by atoms with Crippen molar-refractivity contribution in [1.82, 2.24) is 20.6 Å². The molecule has 1 aromatic heterocycles. The van der Waals surface area contributed by atoms with Gasteiger partial charge in [0, 0.05) is 13.1 Å². The molecule has 0 spiro atoms. The zero-order chi connectivity index (χ0) is 14.4. The van der Waals surface area contributed by atoms with Gasteiger partial charge >= 0.3 is 0 Å². The SMILES string of the molecule is CNCCNC(=O)CSC(C)c1nc2ccccc2[nH]1.Cl. The Balaban J connectivity index is 0.00000220. The largest absolute Gasteiger partial charge is 0.354 e. The second-order valence-electron chi connectivity index (χ2n) is 4.55. The number of para-hydroxylation sites is 2. The summed E-state index contributed by atoms with van der Waals surface area (Å²) in [6.07, 6.45) is 0. The van der Waals surface area contributed by atoms with E-state index in [1.165, 1.54) is 0 Å². The average molecular weight is 329 g/mol. The van der Waals surface area contributed by atoms with Gasteiger partial charge < -0.3 is 15.6 Å². The Kier molecular flexibility index (Phi) is 7.56. The van der Waals surface area contributed by atoms with Crippen LogP contribution in [0.3, 0.4) is 0 Å². The van der Waals surface area contributed by atoms with E-state index in [0.717, 1.165) is 23.4 Å². The average Bonchev–Trinajstić information content (AvgIpc) is 2.89. The topological polar surface area (TPSA) is 69.8 Å². The number of nitrogens with one attached hydrogen (secondary N) is 3. The van der Waals surface area contributed by atoms with E-state index in [1.54, 1.807) is 11.8 Å². The smallest absolute Gasteiger partial charge is 0.230 e. The van der Waals surface area contributed by atoms with Gasteiger partial charge in [0.05, 0.1) is 22.0 Å². The highest BCUT2D eigenvalue weighted by Gasteiger charge is 2.12. The van der Waals surface area contributed by atoms with Gasteiger partial charge in [0.2, 0.25) is 5.91 Å². The molecular formula is C14H21ClN4OS. The summed E-state index contributed by atoms with van der Waals surface area (Å²) in [7, 11) is 1.87. The summed E-state index contributed by atoms with van der Waals surface area (Å²) in [4.78, 5) is 19.5. The number of carbonyl (C=O) groups is 1. The number of aromatic nitrogens is 2. The number of amides is 1. The predicted molar refractivity (Wildman–Crippen MR) is 91.2 cm³/mol. The molecule has 21 heavy (non-hydrogen) atoms. The van der Waals surface area contributed by atoms with Crippen molar-refractivity contribution in [1.29, 1.82) is 0 Å². The maximum absolute atomic E-state index is 11.6. The third kappa shape index (κ3) is 5.22. The number of rotatable bonds is 7. The Bertz CT molecular complexity index is 542. The summed E-state index contributed by atoms with van der Waals surface area (Å²) in [5, 5.41) is 6.02. The summed E-state index contributed by atoms with van der Waals surface area (Å²) in [5.74, 6) is 1.43. The molecular weight excluding hydrogens is 308 g/mol. The molecule has 2 aromatic rings. The van der Waals surface area contributed by atoms with E-state index in [2.05, 4.69) is 27.5 Å². The first-order chi connectivity index (χ1) is 9.70. The van der Waals surface area contributed by atoms with E-state index in [1.807, 2.05) is 31.3 Å². The quantitative estimate of drug-likeness (QED) is 0.681. The van der Waals surface area contributed by atoms with Crippen LogP contribution in [0, 0.1) is 0 Å². The van der Waals surface area contributed by atoms with Gasteiger partial charge in [0.1, 0.15) is 5.82 Å². The maximum Gasteiger partial charge on any atom is 0.230 e. The normalized spacial score (nSPS) is 11.9. The molecule has 7 heteroatoms. The van der Waals surface area contributed by atoms with Crippen LogP contribution < -0.4 is 10.6 Å². The molecule has 0 fully saturated rings. The van der Waals surface area contributed by atoms with Gasteiger partial charge in [-0.05, 0) is 26.1 Å². The number of nitrogens with zero attached hydrogens (tertiary/aromatic N) is 1. The highest BCUT2D eigenvalue weighted by Crippen LogP contribution is 2.27. The van der Waals surface area contributed by atoms with Crippen molar-refractivity contribution in [3.8, 4) is 0 Å². The van der Waals surface area contributed by atoms with Gasteiger partial charge in [-0.3, -0.25) is 4.79 Å². The van der Waals surface area contributed by atoms with Gasteiger partial charge in [-0.1, -0.05) is 12.1 Å². The second-order valence-corrected chi connectivity index (χ2v) is 5.88. The van der Waals surface area contributed by atoms with Gasteiger partial charge in [-0.25, -0.2) is 4.98 Å². The third-order valence-electron chi connectivity index (χ3n) is 2.95. The summed E-state index contributed by atoms with van der Waals surface area (Å²) >= 11 is 1.58. The van der Waals surface area contributed by atoms with E-state index >= 15 is 0 Å². The number of hydrogen-bond acceptors (Lipinski definition) is 4. The van der Waals surface area contributed by atoms with Crippen molar-refractivity contribution < 1.29 is 4.79 Å². The maximum atomic E-state index is 11.6. The highest BCUT2D eigenvalue weighted by atomic mass is 35.5. The van der Waals surface area contributed by atoms with E-state index in [-0.39, 0.29) is 23.6 Å². The fourth-order valence-electron chi connectivity index (χ4n) is 1.82. The van der Waals surface area contributed by atoms with E-state index in [9.17, 15) is 4.79 Å². The molecule has 116 valence electrons. The minimum atomic E-state index is 0. The lowest BCUT2D eigenvalue weighted by molar-refractivity contribution is -0.118. The molecule has 5 nitrogen and oxygen atoms in total. The van der Waals surface area contributed by atoms with Crippen molar-refractivity contribution >= 4 is 41.1 Å². The molecule has 0 aliphatic heterocycles. The molecule has 1 aromatic carbocycles. The minimum absolute atomic E-state index is 0. The number of carbonyl (C=O) groups excluding carboxylic acids is 1. The lowest BCUT2D eigenvalue weighted by Gasteiger charge is -2.08. The molecule has 1 atom stereocenters. The van der Waals surface area contributed by atoms with Crippen LogP contribution in [0.15, 0.2) is 24.3 Å². The lowest BCUT2D eigenvalue weighted by atomic mass is 10.3. The standard InChI is InChI=1S/C14H20N4OS.ClH/c1-10(20-9-13(19)16-8-7-15-2)14-17-11-5-3-4-6-12(11)18-14;/h3-6,10,15H,7-9H2,1-2H3,(H,16,19)(H,17,18);1H.